The number of benzene rings is 1. The van der Waals surface area contributed by atoms with Gasteiger partial charge in [-0.3, -0.25) is 4.79 Å². The zero-order valence-corrected chi connectivity index (χ0v) is 10.4. The van der Waals surface area contributed by atoms with Gasteiger partial charge in [-0.2, -0.15) is 0 Å². The van der Waals surface area contributed by atoms with E-state index in [-0.39, 0.29) is 11.7 Å². The van der Waals surface area contributed by atoms with Gasteiger partial charge in [-0.05, 0) is 48.8 Å². The van der Waals surface area contributed by atoms with E-state index in [0.29, 0.717) is 24.3 Å². The van der Waals surface area contributed by atoms with E-state index in [0.717, 1.165) is 12.8 Å². The maximum atomic E-state index is 13.0. The van der Waals surface area contributed by atoms with Crippen LogP contribution in [0.5, 0.6) is 0 Å². The molecule has 3 unspecified atom stereocenters. The van der Waals surface area contributed by atoms with Crippen molar-refractivity contribution in [1.82, 2.24) is 5.32 Å². The summed E-state index contributed by atoms with van der Waals surface area (Å²) in [6, 6.07) is 7.20. The molecule has 1 aliphatic carbocycles. The first-order chi connectivity index (χ1) is 8.74. The van der Waals surface area contributed by atoms with Gasteiger partial charge in [-0.25, -0.2) is 4.39 Å². The average Bonchev–Trinajstić information content (AvgIpc) is 2.98. The van der Waals surface area contributed by atoms with Gasteiger partial charge in [0.1, 0.15) is 5.82 Å². The molecule has 0 spiro atoms. The fourth-order valence-corrected chi connectivity index (χ4v) is 3.55. The van der Waals surface area contributed by atoms with Gasteiger partial charge < -0.3 is 5.32 Å². The van der Waals surface area contributed by atoms with Gasteiger partial charge >= 0.3 is 0 Å². The van der Waals surface area contributed by atoms with Crippen LogP contribution in [-0.4, -0.2) is 11.9 Å². The first-order valence-corrected chi connectivity index (χ1v) is 6.79. The fourth-order valence-electron chi connectivity index (χ4n) is 3.55. The van der Waals surface area contributed by atoms with Crippen LogP contribution in [0.3, 0.4) is 0 Å². The number of carbonyl (C=O) groups excluding carboxylic acids is 1. The number of halogens is 1. The Kier molecular flexibility index (Phi) is 3.06. The highest BCUT2D eigenvalue weighted by atomic mass is 19.1. The number of amides is 1. The van der Waals surface area contributed by atoms with Crippen molar-refractivity contribution in [2.24, 2.45) is 5.92 Å². The molecule has 3 rings (SSSR count). The van der Waals surface area contributed by atoms with E-state index in [1.807, 2.05) is 12.1 Å². The summed E-state index contributed by atoms with van der Waals surface area (Å²) in [7, 11) is 0. The largest absolute Gasteiger partial charge is 0.353 e. The van der Waals surface area contributed by atoms with Crippen molar-refractivity contribution in [2.45, 2.75) is 44.1 Å². The van der Waals surface area contributed by atoms with Crippen molar-refractivity contribution in [2.75, 3.05) is 0 Å². The Morgan fingerprint density at radius 3 is 2.56 bits per heavy atom. The van der Waals surface area contributed by atoms with E-state index >= 15 is 0 Å². The third kappa shape index (κ3) is 2.14. The zero-order chi connectivity index (χ0) is 12.5. The van der Waals surface area contributed by atoms with Crippen molar-refractivity contribution in [1.29, 1.82) is 0 Å². The number of hydrogen-bond donors (Lipinski definition) is 1. The Hall–Kier alpha value is -1.38. The highest BCUT2D eigenvalue weighted by molar-refractivity contribution is 5.78. The van der Waals surface area contributed by atoms with Crippen LogP contribution in [0.1, 0.15) is 43.6 Å². The predicted molar refractivity (Wildman–Crippen MR) is 67.6 cm³/mol. The quantitative estimate of drug-likeness (QED) is 0.855. The van der Waals surface area contributed by atoms with Gasteiger partial charge in [0.25, 0.3) is 0 Å². The SMILES string of the molecule is O=C1CCC(C2CCCC2c2ccc(F)cc2)N1. The average molecular weight is 247 g/mol. The van der Waals surface area contributed by atoms with Gasteiger partial charge in [-0.15, -0.1) is 0 Å². The summed E-state index contributed by atoms with van der Waals surface area (Å²) in [5, 5.41) is 3.09. The standard InChI is InChI=1S/C15H18FNO/c16-11-6-4-10(5-7-11)12-2-1-3-13(12)14-8-9-15(18)17-14/h4-7,12-14H,1-3,8-9H2,(H,17,18). The first kappa shape index (κ1) is 11.7. The van der Waals surface area contributed by atoms with E-state index in [4.69, 9.17) is 0 Å². The van der Waals surface area contributed by atoms with Gasteiger partial charge in [0, 0.05) is 12.5 Å². The van der Waals surface area contributed by atoms with E-state index < -0.39 is 0 Å². The Morgan fingerprint density at radius 2 is 1.89 bits per heavy atom. The molecule has 96 valence electrons. The van der Waals surface area contributed by atoms with Gasteiger partial charge in [0.15, 0.2) is 0 Å². The molecule has 3 heteroatoms. The minimum atomic E-state index is -0.178. The second-order valence-electron chi connectivity index (χ2n) is 5.47. The van der Waals surface area contributed by atoms with Gasteiger partial charge in [0.05, 0.1) is 0 Å². The van der Waals surface area contributed by atoms with Crippen LogP contribution in [0, 0.1) is 11.7 Å². The van der Waals surface area contributed by atoms with Crippen molar-refractivity contribution < 1.29 is 9.18 Å². The monoisotopic (exact) mass is 247 g/mol. The van der Waals surface area contributed by atoms with Crippen LogP contribution >= 0.6 is 0 Å². The predicted octanol–water partition coefficient (Wildman–Crippen LogP) is 2.99. The zero-order valence-electron chi connectivity index (χ0n) is 10.4. The summed E-state index contributed by atoms with van der Waals surface area (Å²) in [6.45, 7) is 0. The molecule has 2 fully saturated rings. The molecular formula is C15H18FNO. The van der Waals surface area contributed by atoms with Gasteiger partial charge in [0.2, 0.25) is 5.91 Å². The minimum absolute atomic E-state index is 0.178. The summed E-state index contributed by atoms with van der Waals surface area (Å²) in [5.41, 5.74) is 1.22. The van der Waals surface area contributed by atoms with Crippen LogP contribution < -0.4 is 5.32 Å². The van der Waals surface area contributed by atoms with Gasteiger partial charge in [-0.1, -0.05) is 18.6 Å². The second kappa shape index (κ2) is 4.71. The lowest BCUT2D eigenvalue weighted by atomic mass is 9.83. The highest BCUT2D eigenvalue weighted by Crippen LogP contribution is 2.43. The summed E-state index contributed by atoms with van der Waals surface area (Å²) >= 11 is 0. The van der Waals surface area contributed by atoms with E-state index in [1.54, 1.807) is 0 Å². The maximum absolute atomic E-state index is 13.0. The Balaban J connectivity index is 1.78. The van der Waals surface area contributed by atoms with E-state index in [9.17, 15) is 9.18 Å². The third-order valence-electron chi connectivity index (χ3n) is 4.41. The molecule has 18 heavy (non-hydrogen) atoms. The molecule has 0 radical (unpaired) electrons. The van der Waals surface area contributed by atoms with Crippen molar-refractivity contribution in [3.8, 4) is 0 Å². The van der Waals surface area contributed by atoms with Crippen LogP contribution in [0.15, 0.2) is 24.3 Å². The minimum Gasteiger partial charge on any atom is -0.353 e. The Bertz CT molecular complexity index is 442. The lowest BCUT2D eigenvalue weighted by Crippen LogP contribution is -2.34. The molecule has 0 bridgehead atoms. The highest BCUT2D eigenvalue weighted by Gasteiger charge is 2.37. The number of nitrogens with one attached hydrogen (secondary N) is 1. The first-order valence-electron chi connectivity index (χ1n) is 6.79. The molecule has 0 aromatic heterocycles. The second-order valence-corrected chi connectivity index (χ2v) is 5.47. The van der Waals surface area contributed by atoms with Crippen LogP contribution in [0.2, 0.25) is 0 Å². The number of carbonyl (C=O) groups is 1. The molecule has 2 nitrogen and oxygen atoms in total. The lowest BCUT2D eigenvalue weighted by Gasteiger charge is -2.25. The Morgan fingerprint density at radius 1 is 1.11 bits per heavy atom. The molecule has 1 aliphatic heterocycles. The third-order valence-corrected chi connectivity index (χ3v) is 4.41. The smallest absolute Gasteiger partial charge is 0.220 e. The molecule has 1 aromatic carbocycles. The maximum Gasteiger partial charge on any atom is 0.220 e. The van der Waals surface area contributed by atoms with Crippen LogP contribution in [0.25, 0.3) is 0 Å². The molecule has 3 atom stereocenters. The normalized spacial score (nSPS) is 31.6. The topological polar surface area (TPSA) is 29.1 Å². The molecule has 1 amide bonds. The molecule has 1 saturated carbocycles. The summed E-state index contributed by atoms with van der Waals surface area (Å²) in [4.78, 5) is 11.3. The van der Waals surface area contributed by atoms with E-state index in [1.165, 1.54) is 30.5 Å². The van der Waals surface area contributed by atoms with Crippen LogP contribution in [0.4, 0.5) is 4.39 Å². The molecule has 1 N–H and O–H groups in total. The van der Waals surface area contributed by atoms with Crippen LogP contribution in [-0.2, 0) is 4.79 Å². The molecule has 1 saturated heterocycles. The number of rotatable bonds is 2. The number of hydrogen-bond acceptors (Lipinski definition) is 1. The van der Waals surface area contributed by atoms with E-state index in [2.05, 4.69) is 5.32 Å². The fraction of sp³-hybridized carbons (Fsp3) is 0.533. The van der Waals surface area contributed by atoms with Crippen molar-refractivity contribution >= 4 is 5.91 Å². The summed E-state index contributed by atoms with van der Waals surface area (Å²) < 4.78 is 13.0. The molecular weight excluding hydrogens is 229 g/mol. The summed E-state index contributed by atoms with van der Waals surface area (Å²) in [6.07, 6.45) is 5.16. The molecule has 2 aliphatic rings. The van der Waals surface area contributed by atoms with Crippen molar-refractivity contribution in [3.63, 3.8) is 0 Å². The molecule has 1 aromatic rings. The lowest BCUT2D eigenvalue weighted by molar-refractivity contribution is -0.119. The van der Waals surface area contributed by atoms with Crippen molar-refractivity contribution in [3.05, 3.63) is 35.6 Å². The molecule has 1 heterocycles. The Labute approximate surface area is 107 Å². The summed E-state index contributed by atoms with van der Waals surface area (Å²) in [5.74, 6) is 1.02.